The van der Waals surface area contributed by atoms with E-state index in [9.17, 15) is 0 Å². The van der Waals surface area contributed by atoms with Crippen LogP contribution in [0, 0.1) is 6.33 Å². The number of benzene rings is 7. The summed E-state index contributed by atoms with van der Waals surface area (Å²) in [5.41, 5.74) is 12.5. The molecule has 66 heavy (non-hydrogen) atoms. The van der Waals surface area contributed by atoms with Crippen LogP contribution in [0.15, 0.2) is 188 Å². The zero-order valence-electron chi connectivity index (χ0n) is 39.3. The third-order valence-electron chi connectivity index (χ3n) is 13.0. The van der Waals surface area contributed by atoms with Crippen molar-refractivity contribution in [3.8, 4) is 11.4 Å². The maximum atomic E-state index is 5.15. The van der Waals surface area contributed by atoms with Gasteiger partial charge in [-0.25, -0.2) is 0 Å². The summed E-state index contributed by atoms with van der Waals surface area (Å²) in [5.74, 6) is 1.71. The molecular formula is C60H59AuN4Si-. The van der Waals surface area contributed by atoms with Crippen LogP contribution in [-0.2, 0) is 22.4 Å². The van der Waals surface area contributed by atoms with E-state index in [-0.39, 0.29) is 22.4 Å². The predicted octanol–water partition coefficient (Wildman–Crippen LogP) is 11.9. The Morgan fingerprint density at radius 2 is 0.939 bits per heavy atom. The van der Waals surface area contributed by atoms with E-state index in [2.05, 4.69) is 247 Å². The van der Waals surface area contributed by atoms with Crippen molar-refractivity contribution in [1.82, 2.24) is 14.5 Å². The molecule has 3 aromatic heterocycles. The number of fused-ring (bicyclic) bond motifs is 4. The van der Waals surface area contributed by atoms with Gasteiger partial charge in [0.15, 0.2) is 0 Å². The largest absolute Gasteiger partial charge is 0.657 e. The van der Waals surface area contributed by atoms with E-state index in [1.54, 1.807) is 0 Å². The summed E-state index contributed by atoms with van der Waals surface area (Å²) in [5, 5.41) is 7.34. The van der Waals surface area contributed by atoms with E-state index in [1.165, 1.54) is 60.2 Å². The molecule has 1 radical (unpaired) electrons. The minimum atomic E-state index is -2.62. The second kappa shape index (κ2) is 19.8. The van der Waals surface area contributed by atoms with E-state index >= 15 is 0 Å². The van der Waals surface area contributed by atoms with Crippen LogP contribution in [0.4, 0.5) is 0 Å². The Kier molecular flexibility index (Phi) is 13.9. The van der Waals surface area contributed by atoms with Gasteiger partial charge in [0, 0.05) is 33.9 Å². The minimum Gasteiger partial charge on any atom is -0.657 e. The molecule has 0 spiro atoms. The Morgan fingerprint density at radius 3 is 1.45 bits per heavy atom. The van der Waals surface area contributed by atoms with Gasteiger partial charge in [0.2, 0.25) is 8.07 Å². The molecule has 3 heterocycles. The summed E-state index contributed by atoms with van der Waals surface area (Å²) in [6.07, 6.45) is 5.86. The Morgan fingerprint density at radius 1 is 0.485 bits per heavy atom. The molecule has 0 N–H and O–H groups in total. The van der Waals surface area contributed by atoms with Gasteiger partial charge in [-0.3, -0.25) is 14.1 Å². The first kappa shape index (κ1) is 46.4. The minimum absolute atomic E-state index is 0. The van der Waals surface area contributed by atoms with E-state index in [1.807, 2.05) is 12.3 Å². The van der Waals surface area contributed by atoms with E-state index < -0.39 is 8.07 Å². The maximum Gasteiger partial charge on any atom is 0.269 e. The van der Waals surface area contributed by atoms with Gasteiger partial charge in [-0.1, -0.05) is 237 Å². The second-order valence-electron chi connectivity index (χ2n) is 18.5. The van der Waals surface area contributed by atoms with Crippen LogP contribution < -0.4 is 30.4 Å². The third kappa shape index (κ3) is 8.46. The van der Waals surface area contributed by atoms with Crippen LogP contribution in [0.3, 0.4) is 0 Å². The van der Waals surface area contributed by atoms with Crippen molar-refractivity contribution in [3.05, 3.63) is 217 Å². The van der Waals surface area contributed by atoms with Crippen molar-refractivity contribution < 1.29 is 26.9 Å². The second-order valence-corrected chi connectivity index (χ2v) is 22.3. The van der Waals surface area contributed by atoms with E-state index in [0.717, 1.165) is 27.1 Å². The number of hydrogen-bond acceptors (Lipinski definition) is 1. The average Bonchev–Trinajstić information content (AvgIpc) is 3.91. The van der Waals surface area contributed by atoms with Gasteiger partial charge in [0.05, 0.1) is 22.4 Å². The number of imidazole rings is 1. The molecule has 10 rings (SSSR count). The molecule has 0 fully saturated rings. The molecule has 0 aliphatic carbocycles. The van der Waals surface area contributed by atoms with Crippen LogP contribution in [0.25, 0.3) is 44.2 Å². The number of rotatable bonds is 10. The van der Waals surface area contributed by atoms with Gasteiger partial charge < -0.3 is 4.98 Å². The average molecular weight is 1060 g/mol. The molecular weight excluding hydrogens is 1000 g/mol. The quantitative estimate of drug-likeness (QED) is 0.0592. The van der Waals surface area contributed by atoms with E-state index in [0.29, 0.717) is 23.7 Å². The van der Waals surface area contributed by atoms with Crippen molar-refractivity contribution >= 4 is 61.8 Å². The topological polar surface area (TPSA) is 35.8 Å². The molecule has 335 valence electrons. The van der Waals surface area contributed by atoms with Crippen LogP contribution in [-0.4, -0.2) is 17.6 Å². The molecule has 0 bridgehead atoms. The molecule has 10 aromatic rings. The number of aromatic nitrogens is 4. The number of hydrogen-bond donors (Lipinski definition) is 0. The van der Waals surface area contributed by atoms with E-state index in [4.69, 9.17) is 9.97 Å². The summed E-state index contributed by atoms with van der Waals surface area (Å²) in [7, 11) is -2.62. The standard InChI is InChI=1S/C31H38N2.C29H21N2Si.Au/c1-20(2)24-13-11-14-25(21(3)4)30(24)32-19-33(29-18-10-9-17-28(29)32)31-26(22(5)6)15-12-16-27(31)23(7)8;1-4-12-22(13-5-1)32(23-14-6-2-7-15-23,24-16-8-3-9-17-24)29-20-28-26(21-30-29)25-18-10-11-19-27(25)31-28;/h9-18,20-23H,1-8H3;1-21H;/q;-1;. The molecule has 7 aromatic carbocycles. The molecule has 6 heteroatoms. The number of nitrogens with zero attached hydrogens (tertiary/aromatic N) is 4. The molecule has 0 saturated heterocycles. The number of para-hydroxylation sites is 5. The SMILES string of the molecule is CC(C)c1cccc(C(C)C)c1-n1[c-][n+](-c2c(C(C)C)cccc2C(C)C)c2ccccc21.[Au].c1ccc([Si](c2ccccc2)(c2ccccc2)c2cc3[n-]c4ccccc4c3cn2)cc1. The van der Waals surface area contributed by atoms with Crippen molar-refractivity contribution in [2.24, 2.45) is 0 Å². The van der Waals surface area contributed by atoms with Gasteiger partial charge >= 0.3 is 0 Å². The Bertz CT molecular complexity index is 2980. The van der Waals surface area contributed by atoms with Gasteiger partial charge in [-0.2, -0.15) is 0 Å². The third-order valence-corrected chi connectivity index (χ3v) is 17.7. The zero-order chi connectivity index (χ0) is 45.2. The van der Waals surface area contributed by atoms with Crippen molar-refractivity contribution in [2.75, 3.05) is 0 Å². The van der Waals surface area contributed by atoms with Crippen LogP contribution in [0.5, 0.6) is 0 Å². The molecule has 4 nitrogen and oxygen atoms in total. The van der Waals surface area contributed by atoms with Gasteiger partial charge in [-0.15, -0.1) is 11.0 Å². The molecule has 0 amide bonds. The fourth-order valence-corrected chi connectivity index (χ4v) is 14.4. The first-order chi connectivity index (χ1) is 31.6. The molecule has 0 atom stereocenters. The first-order valence-electron chi connectivity index (χ1n) is 23.3. The summed E-state index contributed by atoms with van der Waals surface area (Å²) in [4.78, 5) is 10.1. The summed E-state index contributed by atoms with van der Waals surface area (Å²) in [6.45, 7) is 18.3. The van der Waals surface area contributed by atoms with Crippen LogP contribution >= 0.6 is 0 Å². The monoisotopic (exact) mass is 1060 g/mol. The maximum absolute atomic E-state index is 5.15. The normalized spacial score (nSPS) is 11.8. The van der Waals surface area contributed by atoms with Gasteiger partial charge in [0.25, 0.3) is 6.33 Å². The Labute approximate surface area is 407 Å². The fourth-order valence-electron chi connectivity index (χ4n) is 9.82. The Balaban J connectivity index is 0.000000177. The first-order valence-corrected chi connectivity index (χ1v) is 25.3. The summed E-state index contributed by atoms with van der Waals surface area (Å²) >= 11 is 0. The van der Waals surface area contributed by atoms with Crippen LogP contribution in [0.2, 0.25) is 0 Å². The van der Waals surface area contributed by atoms with Crippen molar-refractivity contribution in [3.63, 3.8) is 0 Å². The fraction of sp³-hybridized carbons (Fsp3) is 0.200. The summed E-state index contributed by atoms with van der Waals surface area (Å²) in [6, 6.07) is 65.4. The van der Waals surface area contributed by atoms with Gasteiger partial charge in [-0.05, 0) is 72.3 Å². The zero-order valence-corrected chi connectivity index (χ0v) is 42.5. The van der Waals surface area contributed by atoms with Gasteiger partial charge in [0.1, 0.15) is 0 Å². The Hall–Kier alpha value is -6.08. The molecule has 0 aliphatic rings. The van der Waals surface area contributed by atoms with Crippen molar-refractivity contribution in [2.45, 2.75) is 79.1 Å². The molecule has 0 saturated carbocycles. The van der Waals surface area contributed by atoms with Crippen molar-refractivity contribution in [1.29, 1.82) is 0 Å². The smallest absolute Gasteiger partial charge is 0.269 e. The molecule has 0 aliphatic heterocycles. The van der Waals surface area contributed by atoms with Crippen LogP contribution in [0.1, 0.15) is 101 Å². The predicted molar refractivity (Wildman–Crippen MR) is 276 cm³/mol. The number of pyridine rings is 1. The molecule has 0 unspecified atom stereocenters. The summed E-state index contributed by atoms with van der Waals surface area (Å²) < 4.78 is 4.64.